The minimum absolute atomic E-state index is 0. The maximum atomic E-state index is 11.7. The van der Waals surface area contributed by atoms with Crippen LogP contribution in [0.2, 0.25) is 0 Å². The Bertz CT molecular complexity index is 539. The topological polar surface area (TPSA) is 114 Å². The number of rotatable bonds is 2. The molecular weight excluding hydrogens is 273 g/mol. The minimum atomic E-state index is -5.01. The molecule has 0 saturated carbocycles. The molecule has 2 aliphatic rings. The van der Waals surface area contributed by atoms with Gasteiger partial charge in [0.1, 0.15) is 12.1 Å². The molecule has 2 amide bonds. The van der Waals surface area contributed by atoms with Crippen LogP contribution in [0.1, 0.15) is 6.92 Å². The van der Waals surface area contributed by atoms with Crippen molar-refractivity contribution in [3.8, 4) is 6.07 Å². The van der Waals surface area contributed by atoms with E-state index < -0.39 is 28.5 Å². The normalized spacial score (nSPS) is 26.5. The molecule has 8 nitrogen and oxygen atoms in total. The second-order valence-corrected chi connectivity index (χ2v) is 4.71. The summed E-state index contributed by atoms with van der Waals surface area (Å²) < 4.78 is 35.6. The minimum Gasteiger partial charge on any atom is -0.724 e. The smallest absolute Gasteiger partial charge is 0.724 e. The number of nitriles is 1. The average molecular weight is 281 g/mol. The molecule has 1 saturated heterocycles. The van der Waals surface area contributed by atoms with E-state index in [2.05, 4.69) is 4.28 Å². The van der Waals surface area contributed by atoms with E-state index in [-0.39, 0.29) is 36.1 Å². The molecule has 0 aromatic heterocycles. The van der Waals surface area contributed by atoms with E-state index >= 15 is 0 Å². The van der Waals surface area contributed by atoms with E-state index in [1.165, 1.54) is 6.08 Å². The molecule has 0 unspecified atom stereocenters. The number of hydrogen-bond acceptors (Lipinski definition) is 6. The first kappa shape index (κ1) is 15.4. The van der Waals surface area contributed by atoms with Gasteiger partial charge in [-0.05, 0) is 18.6 Å². The summed E-state index contributed by atoms with van der Waals surface area (Å²) in [7, 11) is -5.01. The van der Waals surface area contributed by atoms with Gasteiger partial charge in [0, 0.05) is 0 Å². The van der Waals surface area contributed by atoms with Crippen LogP contribution in [0.4, 0.5) is 4.79 Å². The van der Waals surface area contributed by atoms with Gasteiger partial charge < -0.3 is 9.45 Å². The number of urea groups is 1. The largest absolute Gasteiger partial charge is 1.00 e. The number of amides is 2. The van der Waals surface area contributed by atoms with Crippen molar-refractivity contribution in [1.29, 1.82) is 5.26 Å². The van der Waals surface area contributed by atoms with Crippen LogP contribution < -0.4 is 29.6 Å². The summed E-state index contributed by atoms with van der Waals surface area (Å²) >= 11 is 0. The Balaban J connectivity index is 0.00000162. The van der Waals surface area contributed by atoms with Crippen LogP contribution in [0.5, 0.6) is 0 Å². The molecule has 0 spiro atoms. The molecule has 10 heteroatoms. The summed E-state index contributed by atoms with van der Waals surface area (Å²) in [6, 6.07) is -0.308. The number of hydroxylamine groups is 2. The summed E-state index contributed by atoms with van der Waals surface area (Å²) in [6.45, 7) is 1.77. The molecule has 2 aliphatic heterocycles. The number of fused-ring (bicyclic) bond motifs is 2. The number of hydrogen-bond donors (Lipinski definition) is 0. The summed E-state index contributed by atoms with van der Waals surface area (Å²) in [5, 5.41) is 9.34. The van der Waals surface area contributed by atoms with Crippen LogP contribution in [0.3, 0.4) is 0 Å². The van der Waals surface area contributed by atoms with E-state index in [9.17, 15) is 17.8 Å². The summed E-state index contributed by atoms with van der Waals surface area (Å²) in [6.07, 6.45) is 1.53. The maximum Gasteiger partial charge on any atom is 1.00 e. The zero-order valence-corrected chi connectivity index (χ0v) is 12.5. The van der Waals surface area contributed by atoms with Crippen molar-refractivity contribution in [2.45, 2.75) is 19.0 Å². The Morgan fingerprint density at radius 1 is 1.61 bits per heavy atom. The third-order valence-electron chi connectivity index (χ3n) is 2.67. The second kappa shape index (κ2) is 5.16. The van der Waals surface area contributed by atoms with Crippen molar-refractivity contribution >= 4 is 16.4 Å². The summed E-state index contributed by atoms with van der Waals surface area (Å²) in [5.41, 5.74) is 0.613. The fourth-order valence-electron chi connectivity index (χ4n) is 1.90. The van der Waals surface area contributed by atoms with Crippen LogP contribution in [0.15, 0.2) is 11.6 Å². The maximum absolute atomic E-state index is 11.7. The molecule has 2 rings (SSSR count). The van der Waals surface area contributed by atoms with Gasteiger partial charge in [-0.1, -0.05) is 0 Å². The van der Waals surface area contributed by atoms with Gasteiger partial charge in [-0.2, -0.15) is 14.6 Å². The monoisotopic (exact) mass is 281 g/mol. The Morgan fingerprint density at radius 3 is 2.72 bits per heavy atom. The van der Waals surface area contributed by atoms with E-state index in [1.54, 1.807) is 6.92 Å². The molecule has 0 aliphatic carbocycles. The van der Waals surface area contributed by atoms with Crippen LogP contribution in [0, 0.1) is 11.3 Å². The Hall–Kier alpha value is -0.630. The molecule has 0 aromatic rings. The van der Waals surface area contributed by atoms with Crippen molar-refractivity contribution < 1.29 is 51.6 Å². The SMILES string of the molecule is CC1=C[C@@H](C#N)N2C[C@@H]1N(OS(=O)(=O)[O-])C2=O.[Na+]. The van der Waals surface area contributed by atoms with Crippen molar-refractivity contribution in [3.63, 3.8) is 0 Å². The molecule has 1 fully saturated rings. The first-order valence-electron chi connectivity index (χ1n) is 4.66. The van der Waals surface area contributed by atoms with Crippen molar-refractivity contribution in [3.05, 3.63) is 11.6 Å². The Morgan fingerprint density at radius 2 is 2.22 bits per heavy atom. The van der Waals surface area contributed by atoms with Crippen LogP contribution in [0.25, 0.3) is 0 Å². The average Bonchev–Trinajstić information content (AvgIpc) is 2.48. The van der Waals surface area contributed by atoms with Gasteiger partial charge in [-0.15, -0.1) is 0 Å². The van der Waals surface area contributed by atoms with Crippen LogP contribution in [-0.2, 0) is 14.7 Å². The van der Waals surface area contributed by atoms with Gasteiger partial charge in [0.15, 0.2) is 0 Å². The molecule has 18 heavy (non-hydrogen) atoms. The third kappa shape index (κ3) is 2.69. The zero-order chi connectivity index (χ0) is 12.8. The molecule has 92 valence electrons. The van der Waals surface area contributed by atoms with Crippen LogP contribution >= 0.6 is 0 Å². The predicted octanol–water partition coefficient (Wildman–Crippen LogP) is -3.66. The van der Waals surface area contributed by atoms with E-state index in [1.807, 2.05) is 6.07 Å². The summed E-state index contributed by atoms with van der Waals surface area (Å²) in [4.78, 5) is 12.9. The molecule has 0 radical (unpaired) electrons. The molecule has 2 bridgehead atoms. The predicted molar refractivity (Wildman–Crippen MR) is 51.7 cm³/mol. The van der Waals surface area contributed by atoms with Crippen molar-refractivity contribution in [2.75, 3.05) is 6.54 Å². The van der Waals surface area contributed by atoms with Crippen molar-refractivity contribution in [1.82, 2.24) is 9.96 Å². The zero-order valence-electron chi connectivity index (χ0n) is 9.73. The second-order valence-electron chi connectivity index (χ2n) is 3.74. The Labute approximate surface area is 126 Å². The standard InChI is InChI=1S/C8H9N3O5S.Na/c1-5-2-6(3-9)10-4-7(5)11(8(10)12)16-17(13,14)15;/h2,6-7H,4H2,1H3,(H,13,14,15);/q;+1/p-1/t6-,7-;/m0./s1. The molecule has 2 heterocycles. The first-order chi connectivity index (χ1) is 7.83. The molecule has 0 N–H and O–H groups in total. The third-order valence-corrected chi connectivity index (χ3v) is 3.02. The van der Waals surface area contributed by atoms with E-state index in [0.29, 0.717) is 10.6 Å². The van der Waals surface area contributed by atoms with E-state index in [4.69, 9.17) is 5.26 Å². The number of carbonyl (C=O) groups excluding carboxylic acids is 1. The molecular formula is C8H8N3NaO5S. The summed E-state index contributed by atoms with van der Waals surface area (Å²) in [5.74, 6) is 0. The fraction of sp³-hybridized carbons (Fsp3) is 0.500. The quantitative estimate of drug-likeness (QED) is 0.223. The van der Waals surface area contributed by atoms with Crippen molar-refractivity contribution in [2.24, 2.45) is 0 Å². The van der Waals surface area contributed by atoms with Gasteiger partial charge in [0.2, 0.25) is 10.4 Å². The first-order valence-corrected chi connectivity index (χ1v) is 6.00. The van der Waals surface area contributed by atoms with Crippen LogP contribution in [-0.4, -0.2) is 47.6 Å². The van der Waals surface area contributed by atoms with E-state index in [0.717, 1.165) is 4.90 Å². The van der Waals surface area contributed by atoms with Gasteiger partial charge in [0.05, 0.1) is 12.6 Å². The van der Waals surface area contributed by atoms with Gasteiger partial charge >= 0.3 is 35.6 Å². The van der Waals surface area contributed by atoms with Gasteiger partial charge in [-0.3, -0.25) is 0 Å². The molecule has 0 aromatic carbocycles. The van der Waals surface area contributed by atoms with Gasteiger partial charge in [0.25, 0.3) is 0 Å². The number of carbonyl (C=O) groups is 1. The molecule has 2 atom stereocenters. The Kier molecular flexibility index (Phi) is 4.42. The number of nitrogens with zero attached hydrogens (tertiary/aromatic N) is 3. The fourth-order valence-corrected chi connectivity index (χ4v) is 2.26. The van der Waals surface area contributed by atoms with Gasteiger partial charge in [-0.25, -0.2) is 13.2 Å².